The van der Waals surface area contributed by atoms with Gasteiger partial charge in [0.2, 0.25) is 0 Å². The standard InChI is InChI=1S/C14H13NSe/c15-10-14(9-11-6-7-12(14)8-11)16-13-4-2-1-3-5-13/h1-7,11-12H,8-9H2/t11-,12+,14?/m0/s1. The monoisotopic (exact) mass is 275 g/mol. The van der Waals surface area contributed by atoms with E-state index in [0.717, 1.165) is 6.42 Å². The van der Waals surface area contributed by atoms with Crippen LogP contribution in [0, 0.1) is 23.2 Å². The second-order valence-electron chi connectivity index (χ2n) is 4.61. The van der Waals surface area contributed by atoms with Crippen LogP contribution in [0.5, 0.6) is 0 Å². The zero-order valence-corrected chi connectivity index (χ0v) is 10.7. The molecule has 1 saturated carbocycles. The summed E-state index contributed by atoms with van der Waals surface area (Å²) < 4.78 is 1.30. The predicted molar refractivity (Wildman–Crippen MR) is 65.5 cm³/mol. The van der Waals surface area contributed by atoms with Gasteiger partial charge in [-0.15, -0.1) is 0 Å². The molecule has 0 heterocycles. The van der Waals surface area contributed by atoms with Crippen molar-refractivity contribution in [3.63, 3.8) is 0 Å². The van der Waals surface area contributed by atoms with Gasteiger partial charge in [0.1, 0.15) is 0 Å². The molecule has 3 rings (SSSR count). The van der Waals surface area contributed by atoms with Crippen molar-refractivity contribution in [1.29, 1.82) is 5.26 Å². The molecule has 0 aromatic heterocycles. The topological polar surface area (TPSA) is 23.8 Å². The van der Waals surface area contributed by atoms with E-state index in [1.165, 1.54) is 10.9 Å². The molecule has 2 aliphatic carbocycles. The van der Waals surface area contributed by atoms with Crippen LogP contribution < -0.4 is 4.46 Å². The minimum atomic E-state index is -0.0617. The minimum absolute atomic E-state index is 0.0617. The summed E-state index contributed by atoms with van der Waals surface area (Å²) in [7, 11) is 0. The molecule has 2 heteroatoms. The fourth-order valence-corrected chi connectivity index (χ4v) is 5.68. The molecular formula is C14H13NSe. The second-order valence-corrected chi connectivity index (χ2v) is 7.55. The Balaban J connectivity index is 1.89. The van der Waals surface area contributed by atoms with Crippen LogP contribution in [-0.2, 0) is 0 Å². The molecular weight excluding hydrogens is 261 g/mol. The molecule has 1 aromatic carbocycles. The first-order valence-corrected chi connectivity index (χ1v) is 7.37. The van der Waals surface area contributed by atoms with E-state index in [2.05, 4.69) is 42.5 Å². The van der Waals surface area contributed by atoms with Gasteiger partial charge < -0.3 is 0 Å². The van der Waals surface area contributed by atoms with Crippen LogP contribution in [0.1, 0.15) is 12.8 Å². The van der Waals surface area contributed by atoms with Gasteiger partial charge in [-0.05, 0) is 0 Å². The van der Waals surface area contributed by atoms with Gasteiger partial charge in [0.25, 0.3) is 0 Å². The summed E-state index contributed by atoms with van der Waals surface area (Å²) in [6, 6.07) is 13.1. The first-order chi connectivity index (χ1) is 7.82. The van der Waals surface area contributed by atoms with Crippen LogP contribution in [0.2, 0.25) is 4.31 Å². The van der Waals surface area contributed by atoms with Crippen molar-refractivity contribution in [2.75, 3.05) is 0 Å². The Morgan fingerprint density at radius 2 is 2.06 bits per heavy atom. The molecule has 16 heavy (non-hydrogen) atoms. The van der Waals surface area contributed by atoms with Gasteiger partial charge in [0.15, 0.2) is 0 Å². The Hall–Kier alpha value is -1.03. The molecule has 0 saturated heterocycles. The SMILES string of the molecule is N#CC1([Se]c2ccccc2)C[C@H]2C=C[C@@H]1C2. The van der Waals surface area contributed by atoms with Crippen molar-refractivity contribution in [1.82, 2.24) is 0 Å². The fourth-order valence-electron chi connectivity index (χ4n) is 2.78. The molecule has 1 nitrogen and oxygen atoms in total. The summed E-state index contributed by atoms with van der Waals surface area (Å²) in [6.07, 6.45) is 6.88. The Kier molecular flexibility index (Phi) is 2.39. The van der Waals surface area contributed by atoms with Crippen LogP contribution in [0.25, 0.3) is 0 Å². The molecule has 0 amide bonds. The molecule has 80 valence electrons. The molecule has 0 spiro atoms. The van der Waals surface area contributed by atoms with Crippen LogP contribution in [0.15, 0.2) is 42.5 Å². The van der Waals surface area contributed by atoms with Crippen molar-refractivity contribution in [2.24, 2.45) is 11.8 Å². The van der Waals surface area contributed by atoms with Crippen LogP contribution in [-0.4, -0.2) is 15.0 Å². The summed E-state index contributed by atoms with van der Waals surface area (Å²) in [5, 5.41) is 9.53. The Labute approximate surface area is 102 Å². The van der Waals surface area contributed by atoms with E-state index < -0.39 is 0 Å². The van der Waals surface area contributed by atoms with E-state index in [0.29, 0.717) is 11.8 Å². The van der Waals surface area contributed by atoms with Gasteiger partial charge in [-0.2, -0.15) is 0 Å². The van der Waals surface area contributed by atoms with Gasteiger partial charge in [0.05, 0.1) is 0 Å². The number of rotatable bonds is 2. The van der Waals surface area contributed by atoms with Crippen molar-refractivity contribution < 1.29 is 0 Å². The zero-order valence-electron chi connectivity index (χ0n) is 8.97. The summed E-state index contributed by atoms with van der Waals surface area (Å²) in [5.74, 6) is 1.19. The van der Waals surface area contributed by atoms with Crippen LogP contribution in [0.3, 0.4) is 0 Å². The molecule has 1 fully saturated rings. The van der Waals surface area contributed by atoms with E-state index in [4.69, 9.17) is 0 Å². The van der Waals surface area contributed by atoms with E-state index in [1.54, 1.807) is 0 Å². The summed E-state index contributed by atoms with van der Waals surface area (Å²) in [4.78, 5) is 0. The van der Waals surface area contributed by atoms with Gasteiger partial charge >= 0.3 is 102 Å². The predicted octanol–water partition coefficient (Wildman–Crippen LogP) is 2.29. The molecule has 0 aliphatic heterocycles. The number of allylic oxidation sites excluding steroid dienone is 2. The van der Waals surface area contributed by atoms with Crippen molar-refractivity contribution in [3.8, 4) is 6.07 Å². The van der Waals surface area contributed by atoms with Gasteiger partial charge in [0, 0.05) is 0 Å². The number of nitrogens with zero attached hydrogens (tertiary/aromatic N) is 1. The molecule has 2 aliphatic rings. The van der Waals surface area contributed by atoms with Crippen molar-refractivity contribution in [3.05, 3.63) is 42.5 Å². The maximum absolute atomic E-state index is 9.53. The third-order valence-electron chi connectivity index (χ3n) is 3.57. The molecule has 1 aromatic rings. The van der Waals surface area contributed by atoms with Gasteiger partial charge in [-0.25, -0.2) is 0 Å². The Morgan fingerprint density at radius 1 is 1.25 bits per heavy atom. The van der Waals surface area contributed by atoms with Crippen molar-refractivity contribution >= 4 is 19.4 Å². The zero-order chi connectivity index (χ0) is 11.0. The normalized spacial score (nSPS) is 35.2. The number of benzene rings is 1. The Morgan fingerprint density at radius 3 is 2.62 bits per heavy atom. The van der Waals surface area contributed by atoms with Gasteiger partial charge in [-0.3, -0.25) is 0 Å². The maximum atomic E-state index is 9.53. The van der Waals surface area contributed by atoms with Crippen LogP contribution in [0.4, 0.5) is 0 Å². The second kappa shape index (κ2) is 3.77. The average molecular weight is 274 g/mol. The van der Waals surface area contributed by atoms with E-state index >= 15 is 0 Å². The fraction of sp³-hybridized carbons (Fsp3) is 0.357. The Bertz CT molecular complexity index is 459. The number of fused-ring (bicyclic) bond motifs is 2. The van der Waals surface area contributed by atoms with E-state index in [-0.39, 0.29) is 19.3 Å². The van der Waals surface area contributed by atoms with Gasteiger partial charge in [-0.1, -0.05) is 0 Å². The molecule has 3 atom stereocenters. The number of hydrogen-bond acceptors (Lipinski definition) is 1. The molecule has 1 unspecified atom stereocenters. The van der Waals surface area contributed by atoms with Crippen LogP contribution >= 0.6 is 0 Å². The first-order valence-electron chi connectivity index (χ1n) is 5.66. The molecule has 2 bridgehead atoms. The number of hydrogen-bond donors (Lipinski definition) is 0. The number of nitriles is 1. The van der Waals surface area contributed by atoms with E-state index in [1.807, 2.05) is 6.07 Å². The molecule has 0 radical (unpaired) electrons. The summed E-state index contributed by atoms with van der Waals surface area (Å²) in [6.45, 7) is 0. The summed E-state index contributed by atoms with van der Waals surface area (Å²) >= 11 is 0.285. The third-order valence-corrected chi connectivity index (χ3v) is 6.58. The first kappa shape index (κ1) is 10.1. The van der Waals surface area contributed by atoms with Crippen molar-refractivity contribution in [2.45, 2.75) is 17.2 Å². The third kappa shape index (κ3) is 1.52. The average Bonchev–Trinajstić information content (AvgIpc) is 2.91. The quantitative estimate of drug-likeness (QED) is 0.599. The van der Waals surface area contributed by atoms with E-state index in [9.17, 15) is 5.26 Å². The summed E-state index contributed by atoms with van der Waals surface area (Å²) in [5.41, 5.74) is 0. The molecule has 0 N–H and O–H groups in total.